The summed E-state index contributed by atoms with van der Waals surface area (Å²) in [5, 5.41) is 40.1. The lowest BCUT2D eigenvalue weighted by Gasteiger charge is -2.38. The zero-order valence-electron chi connectivity index (χ0n) is 46.1. The number of aryl methyl sites for hydroxylation is 2. The molecule has 6 aromatic rings. The van der Waals surface area contributed by atoms with Crippen molar-refractivity contribution in [3.63, 3.8) is 0 Å². The zero-order chi connectivity index (χ0) is 56.1. The zero-order valence-corrected chi connectivity index (χ0v) is 46.9. The van der Waals surface area contributed by atoms with E-state index in [2.05, 4.69) is 35.4 Å². The summed E-state index contributed by atoms with van der Waals surface area (Å²) in [7, 11) is 0. The van der Waals surface area contributed by atoms with Crippen LogP contribution in [0, 0.1) is 29.4 Å². The number of ether oxygens (including phenoxy) is 1. The second-order valence-electron chi connectivity index (χ2n) is 23.7. The van der Waals surface area contributed by atoms with E-state index in [9.17, 15) is 29.7 Å². The molecule has 5 atom stereocenters. The third-order valence-corrected chi connectivity index (χ3v) is 17.3. The molecule has 0 spiro atoms. The number of aliphatic hydroxyl groups excluding tert-OH is 1. The van der Waals surface area contributed by atoms with Crippen molar-refractivity contribution in [2.45, 2.75) is 117 Å². The number of hydrogen-bond donors (Lipinski definition) is 5. The molecule has 0 unspecified atom stereocenters. The highest BCUT2D eigenvalue weighted by Gasteiger charge is 2.47. The molecule has 0 radical (unpaired) electrons. The lowest BCUT2D eigenvalue weighted by atomic mass is 9.85. The number of halogens is 2. The van der Waals surface area contributed by atoms with Crippen LogP contribution in [0.15, 0.2) is 60.2 Å². The van der Waals surface area contributed by atoms with Crippen LogP contribution in [-0.2, 0) is 20.8 Å². The summed E-state index contributed by atoms with van der Waals surface area (Å²) in [4.78, 5) is 69.3. The van der Waals surface area contributed by atoms with Gasteiger partial charge in [0.15, 0.2) is 5.82 Å². The molecule has 1 aliphatic carbocycles. The van der Waals surface area contributed by atoms with E-state index >= 15 is 8.78 Å². The Kier molecular flexibility index (Phi) is 15.7. The van der Waals surface area contributed by atoms with Gasteiger partial charge in [-0.05, 0) is 104 Å². The summed E-state index contributed by atoms with van der Waals surface area (Å²) < 4.78 is 38.8. The maximum atomic E-state index is 17.2. The van der Waals surface area contributed by atoms with Crippen molar-refractivity contribution >= 4 is 56.6 Å². The summed E-state index contributed by atoms with van der Waals surface area (Å²) in [5.41, 5.74) is 3.25. The van der Waals surface area contributed by atoms with Gasteiger partial charge in [-0.25, -0.2) is 13.8 Å². The van der Waals surface area contributed by atoms with Gasteiger partial charge in [-0.1, -0.05) is 58.0 Å². The lowest BCUT2D eigenvalue weighted by molar-refractivity contribution is -0.144. The molecule has 1 saturated carbocycles. The molecular weight excluding hydrogens is 1030 g/mol. The van der Waals surface area contributed by atoms with Gasteiger partial charge in [-0.15, -0.1) is 11.3 Å². The number of piperidine rings is 1. The minimum atomic E-state index is -1.01. The van der Waals surface area contributed by atoms with Gasteiger partial charge in [0, 0.05) is 76.0 Å². The number of hydrogen-bond acceptors (Lipinski definition) is 15. The number of carbonyl (C=O) groups excluding carboxylic acids is 3. The van der Waals surface area contributed by atoms with Gasteiger partial charge in [-0.2, -0.15) is 9.97 Å². The fourth-order valence-corrected chi connectivity index (χ4v) is 12.5. The average Bonchev–Trinajstić information content (AvgIpc) is 3.94. The topological polar surface area (TPSA) is 210 Å². The second-order valence-corrected chi connectivity index (χ2v) is 24.6. The molecular formula is C59H72F2N10O7S. The van der Waals surface area contributed by atoms with E-state index in [0.717, 1.165) is 41.1 Å². The molecule has 20 heteroatoms. The first-order valence-electron chi connectivity index (χ1n) is 27.5. The number of piperazine rings is 1. The molecule has 3 aromatic heterocycles. The van der Waals surface area contributed by atoms with Crippen molar-refractivity contribution in [3.05, 3.63) is 88.7 Å². The third kappa shape index (κ3) is 12.0. The number of aliphatic hydroxyl groups is 2. The summed E-state index contributed by atoms with van der Waals surface area (Å²) in [6.45, 7) is 17.5. The van der Waals surface area contributed by atoms with Crippen LogP contribution in [0.5, 0.6) is 11.8 Å². The van der Waals surface area contributed by atoms with Crippen LogP contribution < -0.4 is 20.3 Å². The molecule has 4 aliphatic rings. The molecule has 3 saturated heterocycles. The highest BCUT2D eigenvalue weighted by molar-refractivity contribution is 7.13. The molecule has 17 nitrogen and oxygen atoms in total. The standard InChI is InChI=1S/C59H72F2N10O7S/c1-8-41-44(60)15-14-38-24-39(72)25-42(47(38)41)49-48(61)50-43(27-62-49)53(70-19-9-16-58(7,77)30-70)67-56(66-50)78-32-59(17-18-59)31-69-22-20-68(21-23-69)29-46(74)65-52(57(4,5)6)55(76)71-28-40(73)26-45(71)54(75)64-34(2)36-10-12-37(13-11-36)51-35(3)63-33-79-51/h10-15,24-25,27,33-34,40,45,52,72-73,77H,8-9,16-23,26,28-32H2,1-7H3,(H,64,75)(H,65,74)/t34-,40+,45-,52+,58+/m0/s1. The summed E-state index contributed by atoms with van der Waals surface area (Å²) in [6.07, 6.45) is 4.09. The number of carbonyl (C=O) groups is 3. The molecule has 4 fully saturated rings. The number of aromatic hydroxyl groups is 1. The smallest absolute Gasteiger partial charge is 0.319 e. The van der Waals surface area contributed by atoms with Gasteiger partial charge >= 0.3 is 6.01 Å². The predicted octanol–water partition coefficient (Wildman–Crippen LogP) is 7.32. The molecule has 3 aromatic carbocycles. The molecule has 3 amide bonds. The van der Waals surface area contributed by atoms with Crippen LogP contribution in [0.1, 0.15) is 96.5 Å². The van der Waals surface area contributed by atoms with Crippen molar-refractivity contribution in [1.29, 1.82) is 0 Å². The first kappa shape index (κ1) is 55.8. The molecule has 79 heavy (non-hydrogen) atoms. The highest BCUT2D eigenvalue weighted by atomic mass is 32.1. The Bertz CT molecular complexity index is 3270. The number of nitrogens with one attached hydrogen (secondary N) is 2. The van der Waals surface area contributed by atoms with E-state index in [1.54, 1.807) is 24.3 Å². The van der Waals surface area contributed by atoms with Crippen LogP contribution in [0.25, 0.3) is 43.4 Å². The Morgan fingerprint density at radius 2 is 1.70 bits per heavy atom. The van der Waals surface area contributed by atoms with Crippen LogP contribution in [0.3, 0.4) is 0 Å². The summed E-state index contributed by atoms with van der Waals surface area (Å²) in [6, 6.07) is 11.5. The number of phenols is 1. The monoisotopic (exact) mass is 1100 g/mol. The number of β-amino-alcohol motifs (C(OH)–C–C–N with tert-alkyl or cyclic N) is 2. The van der Waals surface area contributed by atoms with Crippen LogP contribution in [-0.4, -0.2) is 157 Å². The van der Waals surface area contributed by atoms with E-state index in [1.807, 2.05) is 76.2 Å². The number of anilines is 1. The maximum Gasteiger partial charge on any atom is 0.319 e. The number of fused-ring (bicyclic) bond motifs is 2. The fraction of sp³-hybridized carbons (Fsp3) is 0.508. The largest absolute Gasteiger partial charge is 0.508 e. The van der Waals surface area contributed by atoms with Crippen LogP contribution >= 0.6 is 11.3 Å². The van der Waals surface area contributed by atoms with Gasteiger partial charge in [0.2, 0.25) is 17.7 Å². The minimum absolute atomic E-state index is 0.0199. The van der Waals surface area contributed by atoms with Crippen molar-refractivity contribution in [1.82, 2.24) is 45.3 Å². The normalized spacial score (nSPS) is 21.6. The molecule has 5 N–H and O–H groups in total. The molecule has 0 bridgehead atoms. The predicted molar refractivity (Wildman–Crippen MR) is 300 cm³/mol. The van der Waals surface area contributed by atoms with Crippen LogP contribution in [0.4, 0.5) is 14.6 Å². The highest BCUT2D eigenvalue weighted by Crippen LogP contribution is 2.47. The van der Waals surface area contributed by atoms with Gasteiger partial charge in [0.05, 0.1) is 52.4 Å². The number of amides is 3. The summed E-state index contributed by atoms with van der Waals surface area (Å²) in [5.74, 6) is -2.04. The molecule has 3 aliphatic heterocycles. The number of thiazole rings is 1. The number of nitrogens with zero attached hydrogens (tertiary/aromatic N) is 8. The van der Waals surface area contributed by atoms with Crippen molar-refractivity contribution < 1.29 is 43.2 Å². The third-order valence-electron chi connectivity index (χ3n) is 16.3. The Labute approximate surface area is 463 Å². The Balaban J connectivity index is 0.771. The van der Waals surface area contributed by atoms with Gasteiger partial charge in [-0.3, -0.25) is 24.3 Å². The van der Waals surface area contributed by atoms with Crippen molar-refractivity contribution in [2.75, 3.05) is 70.4 Å². The van der Waals surface area contributed by atoms with E-state index < -0.39 is 46.7 Å². The number of aromatic nitrogens is 4. The lowest BCUT2D eigenvalue weighted by Crippen LogP contribution is -2.59. The molecule has 10 rings (SSSR count). The van der Waals surface area contributed by atoms with Gasteiger partial charge in [0.1, 0.15) is 40.7 Å². The van der Waals surface area contributed by atoms with Crippen LogP contribution in [0.2, 0.25) is 0 Å². The van der Waals surface area contributed by atoms with Crippen molar-refractivity contribution in [2.24, 2.45) is 10.8 Å². The molecule has 6 heterocycles. The number of benzene rings is 3. The van der Waals surface area contributed by atoms with Crippen molar-refractivity contribution in [3.8, 4) is 33.5 Å². The first-order valence-corrected chi connectivity index (χ1v) is 28.4. The van der Waals surface area contributed by atoms with E-state index in [-0.39, 0.29) is 84.5 Å². The fourth-order valence-electron chi connectivity index (χ4n) is 11.7. The van der Waals surface area contributed by atoms with E-state index in [0.29, 0.717) is 79.5 Å². The maximum absolute atomic E-state index is 17.2. The quantitative estimate of drug-likeness (QED) is 0.0644. The van der Waals surface area contributed by atoms with E-state index in [4.69, 9.17) is 9.72 Å². The minimum Gasteiger partial charge on any atom is -0.508 e. The summed E-state index contributed by atoms with van der Waals surface area (Å²) >= 11 is 1.57. The Morgan fingerprint density at radius 1 is 0.962 bits per heavy atom. The Hall–Kier alpha value is -6.45. The average molecular weight is 1100 g/mol. The SMILES string of the molecule is CCc1c(F)ccc2cc(O)cc(-c3ncc4c(N5CCC[C@@](C)(O)C5)nc(OCC5(CN6CCN(CC(=O)N[C@H](C(=O)N7C[C@H](O)C[C@H]7C(=O)N[C@@H](C)c7ccc(-c8scnc8C)cc7)C(C)(C)C)CC6)CC5)nc4c3F)c12. The number of pyridine rings is 1. The van der Waals surface area contributed by atoms with Gasteiger partial charge in [0.25, 0.3) is 0 Å². The number of rotatable bonds is 16. The van der Waals surface area contributed by atoms with Gasteiger partial charge < -0.3 is 45.4 Å². The van der Waals surface area contributed by atoms with E-state index in [1.165, 1.54) is 29.3 Å². The molecule has 420 valence electrons. The number of likely N-dealkylation sites (tertiary alicyclic amines) is 1. The number of phenolic OH excluding ortho intramolecular Hbond substituents is 1. The second kappa shape index (κ2) is 22.2. The first-order chi connectivity index (χ1) is 37.6. The Morgan fingerprint density at radius 3 is 2.37 bits per heavy atom.